The molecule has 3 aromatic rings. The van der Waals surface area contributed by atoms with Gasteiger partial charge in [0.2, 0.25) is 5.78 Å². The third kappa shape index (κ3) is 3.77. The number of Topliss-reactive ketones (excluding diaryl/α,β-unsaturated/α-hetero) is 1. The SMILES string of the molecule is COC(=O)c1c(C)[nH]c(C(=O)[C@H](C)OC(=O)c2ccccc2-n2cnnn2)c1C. The molecule has 1 N–H and O–H groups in total. The minimum atomic E-state index is -1.09. The van der Waals surface area contributed by atoms with Crippen LogP contribution in [0.2, 0.25) is 0 Å². The Balaban J connectivity index is 1.83. The number of carbonyl (C=O) groups excluding carboxylic acids is 3. The molecule has 0 aliphatic carbocycles. The Kier molecular flexibility index (Phi) is 5.53. The van der Waals surface area contributed by atoms with E-state index in [1.165, 1.54) is 25.0 Å². The van der Waals surface area contributed by atoms with Crippen LogP contribution >= 0.6 is 0 Å². The predicted octanol–water partition coefficient (Wildman–Crippen LogP) is 1.82. The van der Waals surface area contributed by atoms with E-state index in [0.717, 1.165) is 0 Å². The third-order valence-electron chi connectivity index (χ3n) is 4.45. The third-order valence-corrected chi connectivity index (χ3v) is 4.45. The lowest BCUT2D eigenvalue weighted by Gasteiger charge is -2.14. The molecule has 0 radical (unpaired) electrons. The summed E-state index contributed by atoms with van der Waals surface area (Å²) in [6.45, 7) is 4.76. The minimum Gasteiger partial charge on any atom is -0.465 e. The molecule has 2 aromatic heterocycles. The number of rotatable bonds is 6. The Morgan fingerprint density at radius 3 is 2.52 bits per heavy atom. The summed E-state index contributed by atoms with van der Waals surface area (Å²) in [4.78, 5) is 40.3. The fourth-order valence-corrected chi connectivity index (χ4v) is 3.00. The predicted molar refractivity (Wildman–Crippen MR) is 100.0 cm³/mol. The lowest BCUT2D eigenvalue weighted by Crippen LogP contribution is -2.26. The zero-order valence-corrected chi connectivity index (χ0v) is 16.3. The van der Waals surface area contributed by atoms with Crippen LogP contribution in [0.5, 0.6) is 0 Å². The highest BCUT2D eigenvalue weighted by molar-refractivity contribution is 6.04. The van der Waals surface area contributed by atoms with E-state index in [1.807, 2.05) is 0 Å². The molecule has 0 saturated heterocycles. The summed E-state index contributed by atoms with van der Waals surface area (Å²) >= 11 is 0. The lowest BCUT2D eigenvalue weighted by atomic mass is 10.1. The maximum Gasteiger partial charge on any atom is 0.341 e. The molecule has 3 rings (SSSR count). The van der Waals surface area contributed by atoms with E-state index in [4.69, 9.17) is 9.47 Å². The number of carbonyl (C=O) groups is 3. The molecule has 29 heavy (non-hydrogen) atoms. The highest BCUT2D eigenvalue weighted by atomic mass is 16.5. The largest absolute Gasteiger partial charge is 0.465 e. The van der Waals surface area contributed by atoms with E-state index < -0.39 is 23.8 Å². The smallest absolute Gasteiger partial charge is 0.341 e. The fraction of sp³-hybridized carbons (Fsp3) is 0.263. The number of aryl methyl sites for hydroxylation is 1. The summed E-state index contributed by atoms with van der Waals surface area (Å²) in [5.74, 6) is -1.71. The van der Waals surface area contributed by atoms with Crippen LogP contribution in [0.4, 0.5) is 0 Å². The van der Waals surface area contributed by atoms with Crippen molar-refractivity contribution in [3.63, 3.8) is 0 Å². The Labute approximate surface area is 165 Å². The Bertz CT molecular complexity index is 1070. The molecule has 0 amide bonds. The highest BCUT2D eigenvalue weighted by Crippen LogP contribution is 2.22. The van der Waals surface area contributed by atoms with Crippen molar-refractivity contribution in [3.8, 4) is 5.69 Å². The van der Waals surface area contributed by atoms with Crippen molar-refractivity contribution in [1.82, 2.24) is 25.2 Å². The van der Waals surface area contributed by atoms with Crippen LogP contribution in [-0.4, -0.2) is 56.1 Å². The molecular weight excluding hydrogens is 378 g/mol. The van der Waals surface area contributed by atoms with Crippen LogP contribution in [-0.2, 0) is 9.47 Å². The number of para-hydroxylation sites is 1. The van der Waals surface area contributed by atoms with Gasteiger partial charge in [-0.15, -0.1) is 5.10 Å². The van der Waals surface area contributed by atoms with Crippen molar-refractivity contribution in [3.05, 3.63) is 58.7 Å². The molecular formula is C19H19N5O5. The number of aromatic amines is 1. The van der Waals surface area contributed by atoms with Gasteiger partial charge in [-0.3, -0.25) is 4.79 Å². The molecule has 1 aromatic carbocycles. The van der Waals surface area contributed by atoms with Crippen LogP contribution in [0, 0.1) is 13.8 Å². The van der Waals surface area contributed by atoms with Gasteiger partial charge in [0.1, 0.15) is 6.33 Å². The number of nitrogens with one attached hydrogen (secondary N) is 1. The topological polar surface area (TPSA) is 129 Å². The van der Waals surface area contributed by atoms with E-state index in [1.54, 1.807) is 38.1 Å². The summed E-state index contributed by atoms with van der Waals surface area (Å²) in [6.07, 6.45) is 0.256. The van der Waals surface area contributed by atoms with Gasteiger partial charge < -0.3 is 14.5 Å². The molecule has 0 aliphatic rings. The van der Waals surface area contributed by atoms with E-state index in [0.29, 0.717) is 22.5 Å². The van der Waals surface area contributed by atoms with Crippen LogP contribution in [0.3, 0.4) is 0 Å². The van der Waals surface area contributed by atoms with E-state index in [2.05, 4.69) is 20.5 Å². The highest BCUT2D eigenvalue weighted by Gasteiger charge is 2.28. The second-order valence-corrected chi connectivity index (χ2v) is 6.30. The van der Waals surface area contributed by atoms with Crippen molar-refractivity contribution in [2.24, 2.45) is 0 Å². The number of esters is 2. The van der Waals surface area contributed by atoms with Crippen molar-refractivity contribution in [2.75, 3.05) is 7.11 Å². The number of ether oxygens (including phenoxy) is 2. The average Bonchev–Trinajstić information content (AvgIpc) is 3.35. The number of ketones is 1. The van der Waals surface area contributed by atoms with Crippen molar-refractivity contribution in [1.29, 1.82) is 0 Å². The first-order valence-corrected chi connectivity index (χ1v) is 8.70. The first-order valence-electron chi connectivity index (χ1n) is 8.70. The van der Waals surface area contributed by atoms with Crippen molar-refractivity contribution < 1.29 is 23.9 Å². The number of benzene rings is 1. The maximum absolute atomic E-state index is 12.8. The Hall–Kier alpha value is -3.82. The van der Waals surface area contributed by atoms with Gasteiger partial charge in [0.25, 0.3) is 0 Å². The summed E-state index contributed by atoms with van der Waals surface area (Å²) in [6, 6.07) is 6.59. The summed E-state index contributed by atoms with van der Waals surface area (Å²) in [5.41, 5.74) is 2.04. The Morgan fingerprint density at radius 1 is 1.14 bits per heavy atom. The molecule has 0 aliphatic heterocycles. The second-order valence-electron chi connectivity index (χ2n) is 6.30. The second kappa shape index (κ2) is 8.05. The van der Waals surface area contributed by atoms with E-state index in [-0.39, 0.29) is 11.3 Å². The molecule has 0 saturated carbocycles. The fourth-order valence-electron chi connectivity index (χ4n) is 3.00. The Morgan fingerprint density at radius 2 is 1.86 bits per heavy atom. The van der Waals surface area contributed by atoms with Gasteiger partial charge in [-0.25, -0.2) is 9.59 Å². The molecule has 10 heteroatoms. The van der Waals surface area contributed by atoms with Gasteiger partial charge in [0.05, 0.1) is 29.6 Å². The normalized spacial score (nSPS) is 11.7. The van der Waals surface area contributed by atoms with E-state index in [9.17, 15) is 14.4 Å². The molecule has 0 unspecified atom stereocenters. The maximum atomic E-state index is 12.8. The molecule has 0 spiro atoms. The standard InChI is InChI=1S/C19H19N5O5/c1-10-15(19(27)28-4)11(2)21-16(10)17(25)12(3)29-18(26)13-7-5-6-8-14(13)24-9-20-22-23-24/h5-9,12,21H,1-4H3/t12-/m0/s1. The summed E-state index contributed by atoms with van der Waals surface area (Å²) in [5, 5.41) is 10.9. The summed E-state index contributed by atoms with van der Waals surface area (Å²) < 4.78 is 11.4. The quantitative estimate of drug-likeness (QED) is 0.493. The van der Waals surface area contributed by atoms with Gasteiger partial charge in [-0.1, -0.05) is 12.1 Å². The van der Waals surface area contributed by atoms with Gasteiger partial charge in [0.15, 0.2) is 6.10 Å². The number of tetrazole rings is 1. The monoisotopic (exact) mass is 397 g/mol. The molecule has 150 valence electrons. The molecule has 0 bridgehead atoms. The molecule has 1 atom stereocenters. The van der Waals surface area contributed by atoms with Crippen LogP contribution in [0.15, 0.2) is 30.6 Å². The number of methoxy groups -OCH3 is 1. The van der Waals surface area contributed by atoms with Crippen LogP contribution < -0.4 is 0 Å². The minimum absolute atomic E-state index is 0.192. The molecule has 2 heterocycles. The molecule has 10 nitrogen and oxygen atoms in total. The zero-order valence-electron chi connectivity index (χ0n) is 16.3. The summed E-state index contributed by atoms with van der Waals surface area (Å²) in [7, 11) is 1.27. The average molecular weight is 397 g/mol. The van der Waals surface area contributed by atoms with Crippen LogP contribution in [0.25, 0.3) is 5.69 Å². The lowest BCUT2D eigenvalue weighted by molar-refractivity contribution is 0.0316. The number of H-pyrrole nitrogens is 1. The van der Waals surface area contributed by atoms with E-state index >= 15 is 0 Å². The van der Waals surface area contributed by atoms with Crippen molar-refractivity contribution >= 4 is 17.7 Å². The van der Waals surface area contributed by atoms with Crippen molar-refractivity contribution in [2.45, 2.75) is 26.9 Å². The number of hydrogen-bond acceptors (Lipinski definition) is 8. The zero-order chi connectivity index (χ0) is 21.1. The first-order chi connectivity index (χ1) is 13.8. The number of hydrogen-bond donors (Lipinski definition) is 1. The van der Waals surface area contributed by atoms with Crippen LogP contribution in [0.1, 0.15) is 49.4 Å². The number of nitrogens with zero attached hydrogens (tertiary/aromatic N) is 4. The first kappa shape index (κ1) is 19.9. The van der Waals surface area contributed by atoms with Gasteiger partial charge >= 0.3 is 11.9 Å². The number of aromatic nitrogens is 5. The van der Waals surface area contributed by atoms with Gasteiger partial charge in [-0.05, 0) is 48.9 Å². The van der Waals surface area contributed by atoms with Gasteiger partial charge in [-0.2, -0.15) is 4.68 Å². The molecule has 0 fully saturated rings. The van der Waals surface area contributed by atoms with Gasteiger partial charge in [0, 0.05) is 5.69 Å².